The molecule has 3 rings (SSSR count). The van der Waals surface area contributed by atoms with Crippen molar-refractivity contribution >= 4 is 11.9 Å². The number of allylic oxidation sites excluding steroid dienone is 1. The number of methoxy groups -OCH3 is 2. The Hall–Kier alpha value is -3.42. The molecule has 1 aliphatic rings. The second kappa shape index (κ2) is 10.3. The predicted molar refractivity (Wildman–Crippen MR) is 114 cm³/mol. The first-order valence-electron chi connectivity index (χ1n) is 10.2. The Bertz CT molecular complexity index is 1000. The first-order valence-corrected chi connectivity index (χ1v) is 10.2. The van der Waals surface area contributed by atoms with Gasteiger partial charge in [-0.15, -0.1) is 0 Å². The van der Waals surface area contributed by atoms with Crippen LogP contribution in [-0.4, -0.2) is 38.7 Å². The maximum Gasteiger partial charge on any atom is 0.314 e. The highest BCUT2D eigenvalue weighted by Gasteiger charge is 2.35. The van der Waals surface area contributed by atoms with E-state index in [0.29, 0.717) is 29.5 Å². The van der Waals surface area contributed by atoms with Gasteiger partial charge in [-0.1, -0.05) is 18.2 Å². The van der Waals surface area contributed by atoms with Crippen LogP contribution in [0.5, 0.6) is 11.5 Å². The fraction of sp³-hybridized carbons (Fsp3) is 0.333. The van der Waals surface area contributed by atoms with Crippen molar-refractivity contribution in [2.45, 2.75) is 25.3 Å². The number of ether oxygens (including phenoxy) is 3. The monoisotopic (exact) mass is 445 g/mol. The van der Waals surface area contributed by atoms with Gasteiger partial charge >= 0.3 is 5.97 Å². The van der Waals surface area contributed by atoms with Gasteiger partial charge in [0, 0.05) is 17.7 Å². The van der Waals surface area contributed by atoms with Gasteiger partial charge in [-0.2, -0.15) is 0 Å². The highest BCUT2D eigenvalue weighted by molar-refractivity contribution is 5.94. The van der Waals surface area contributed by atoms with Crippen LogP contribution in [-0.2, 0) is 9.53 Å². The molecular formula is C24H25F2NO5. The topological polar surface area (TPSA) is 73.9 Å². The number of nitrogens with one attached hydrogen (secondary N) is 1. The van der Waals surface area contributed by atoms with Gasteiger partial charge in [-0.05, 0) is 49.1 Å². The third kappa shape index (κ3) is 5.25. The standard InChI is InChI=1S/C24H25F2NO5/c1-4-32-24(29)22(15-6-8-20(30-2)21(12-15)31-3)14-5-7-19(11-14)27-23(28)16-9-17(25)13-18(26)10-16/h5-10,12-14,19,22H,4,11H2,1-3H3,(H,27,28)/t14-,19-,22-/m0/s1. The minimum Gasteiger partial charge on any atom is -0.493 e. The molecule has 0 saturated heterocycles. The van der Waals surface area contributed by atoms with E-state index in [1.807, 2.05) is 6.08 Å². The molecule has 0 saturated carbocycles. The molecule has 170 valence electrons. The van der Waals surface area contributed by atoms with Crippen LogP contribution < -0.4 is 14.8 Å². The molecule has 0 unspecified atom stereocenters. The van der Waals surface area contributed by atoms with Crippen LogP contribution in [0.25, 0.3) is 0 Å². The number of halogens is 2. The number of hydrogen-bond donors (Lipinski definition) is 1. The Labute approximate surface area is 185 Å². The van der Waals surface area contributed by atoms with E-state index in [2.05, 4.69) is 5.32 Å². The van der Waals surface area contributed by atoms with Crippen LogP contribution in [0.4, 0.5) is 8.78 Å². The second-order valence-electron chi connectivity index (χ2n) is 7.37. The summed E-state index contributed by atoms with van der Waals surface area (Å²) in [6.45, 7) is 1.96. The molecule has 0 bridgehead atoms. The maximum absolute atomic E-state index is 13.4. The lowest BCUT2D eigenvalue weighted by molar-refractivity contribution is -0.146. The first kappa shape index (κ1) is 23.2. The lowest BCUT2D eigenvalue weighted by Crippen LogP contribution is -2.34. The van der Waals surface area contributed by atoms with Gasteiger partial charge in [-0.25, -0.2) is 8.78 Å². The van der Waals surface area contributed by atoms with Gasteiger partial charge < -0.3 is 19.5 Å². The van der Waals surface area contributed by atoms with Gasteiger partial charge in [0.2, 0.25) is 0 Å². The zero-order valence-electron chi connectivity index (χ0n) is 18.1. The largest absolute Gasteiger partial charge is 0.493 e. The van der Waals surface area contributed by atoms with Gasteiger partial charge in [-0.3, -0.25) is 9.59 Å². The molecule has 1 amide bonds. The summed E-state index contributed by atoms with van der Waals surface area (Å²) in [5.41, 5.74) is 0.580. The zero-order valence-corrected chi connectivity index (χ0v) is 18.1. The van der Waals surface area contributed by atoms with E-state index in [4.69, 9.17) is 14.2 Å². The number of carbonyl (C=O) groups is 2. The zero-order chi connectivity index (χ0) is 23.3. The van der Waals surface area contributed by atoms with E-state index >= 15 is 0 Å². The van der Waals surface area contributed by atoms with Crippen molar-refractivity contribution in [3.05, 3.63) is 71.3 Å². The summed E-state index contributed by atoms with van der Waals surface area (Å²) in [4.78, 5) is 25.3. The molecule has 0 heterocycles. The van der Waals surface area contributed by atoms with Crippen molar-refractivity contribution in [3.63, 3.8) is 0 Å². The molecule has 2 aromatic rings. The normalized spacial score (nSPS) is 18.2. The molecule has 1 N–H and O–H groups in total. The number of esters is 1. The molecule has 6 nitrogen and oxygen atoms in total. The lowest BCUT2D eigenvalue weighted by Gasteiger charge is -2.23. The summed E-state index contributed by atoms with van der Waals surface area (Å²) in [7, 11) is 3.04. The van der Waals surface area contributed by atoms with Crippen molar-refractivity contribution in [1.82, 2.24) is 5.32 Å². The highest BCUT2D eigenvalue weighted by atomic mass is 19.1. The Morgan fingerprint density at radius 3 is 2.34 bits per heavy atom. The van der Waals surface area contributed by atoms with E-state index in [0.717, 1.165) is 12.1 Å². The summed E-state index contributed by atoms with van der Waals surface area (Å²) < 4.78 is 42.8. The van der Waals surface area contributed by atoms with Gasteiger partial charge in [0.1, 0.15) is 11.6 Å². The minimum absolute atomic E-state index is 0.110. The minimum atomic E-state index is -0.828. The SMILES string of the molecule is CCOC(=O)[C@H](c1ccc(OC)c(OC)c1)[C@H]1C=C[C@H](NC(=O)c2cc(F)cc(F)c2)C1. The quantitative estimate of drug-likeness (QED) is 0.491. The summed E-state index contributed by atoms with van der Waals surface area (Å²) in [6.07, 6.45) is 4.03. The van der Waals surface area contributed by atoms with E-state index < -0.39 is 35.5 Å². The first-order chi connectivity index (χ1) is 15.4. The Balaban J connectivity index is 1.78. The smallest absolute Gasteiger partial charge is 0.314 e. The maximum atomic E-state index is 13.4. The van der Waals surface area contributed by atoms with E-state index in [-0.39, 0.29) is 18.1 Å². The summed E-state index contributed by atoms with van der Waals surface area (Å²) in [5, 5.41) is 2.74. The van der Waals surface area contributed by atoms with Crippen LogP contribution in [0.1, 0.15) is 35.2 Å². The van der Waals surface area contributed by atoms with Crippen molar-refractivity contribution in [2.24, 2.45) is 5.92 Å². The highest BCUT2D eigenvalue weighted by Crippen LogP contribution is 2.38. The number of amides is 1. The van der Waals surface area contributed by atoms with Crippen LogP contribution >= 0.6 is 0 Å². The van der Waals surface area contributed by atoms with Gasteiger partial charge in [0.25, 0.3) is 5.91 Å². The Morgan fingerprint density at radius 1 is 1.03 bits per heavy atom. The van der Waals surface area contributed by atoms with Gasteiger partial charge in [0.05, 0.1) is 26.7 Å². The number of benzene rings is 2. The Kier molecular flexibility index (Phi) is 7.45. The third-order valence-corrected chi connectivity index (χ3v) is 5.29. The summed E-state index contributed by atoms with van der Waals surface area (Å²) >= 11 is 0. The number of rotatable bonds is 8. The van der Waals surface area contributed by atoms with Crippen LogP contribution in [0.3, 0.4) is 0 Å². The average molecular weight is 445 g/mol. The molecule has 1 aliphatic carbocycles. The molecule has 8 heteroatoms. The third-order valence-electron chi connectivity index (χ3n) is 5.29. The van der Waals surface area contributed by atoms with E-state index in [9.17, 15) is 18.4 Å². The van der Waals surface area contributed by atoms with Crippen molar-refractivity contribution in [1.29, 1.82) is 0 Å². The van der Waals surface area contributed by atoms with Crippen molar-refractivity contribution < 1.29 is 32.6 Å². The fourth-order valence-electron chi connectivity index (χ4n) is 3.85. The number of carbonyl (C=O) groups excluding carboxylic acids is 2. The molecule has 2 aromatic carbocycles. The number of hydrogen-bond acceptors (Lipinski definition) is 5. The molecule has 0 fully saturated rings. The summed E-state index contributed by atoms with van der Waals surface area (Å²) in [5.74, 6) is -2.52. The lowest BCUT2D eigenvalue weighted by atomic mass is 9.85. The molecule has 0 spiro atoms. The second-order valence-corrected chi connectivity index (χ2v) is 7.37. The average Bonchev–Trinajstić information content (AvgIpc) is 3.21. The molecule has 0 aromatic heterocycles. The predicted octanol–water partition coefficient (Wildman–Crippen LogP) is 4.00. The van der Waals surface area contributed by atoms with E-state index in [1.54, 1.807) is 31.2 Å². The van der Waals surface area contributed by atoms with E-state index in [1.165, 1.54) is 14.2 Å². The molecule has 32 heavy (non-hydrogen) atoms. The Morgan fingerprint density at radius 2 is 1.72 bits per heavy atom. The van der Waals surface area contributed by atoms with Crippen molar-refractivity contribution in [2.75, 3.05) is 20.8 Å². The van der Waals surface area contributed by atoms with Gasteiger partial charge in [0.15, 0.2) is 11.5 Å². The molecule has 3 atom stereocenters. The van der Waals surface area contributed by atoms with Crippen molar-refractivity contribution in [3.8, 4) is 11.5 Å². The summed E-state index contributed by atoms with van der Waals surface area (Å²) in [6, 6.07) is 7.47. The van der Waals surface area contributed by atoms with Crippen LogP contribution in [0.15, 0.2) is 48.6 Å². The molecule has 0 aliphatic heterocycles. The molecule has 0 radical (unpaired) electrons. The van der Waals surface area contributed by atoms with Crippen LogP contribution in [0, 0.1) is 17.6 Å². The fourth-order valence-corrected chi connectivity index (χ4v) is 3.85. The molecular weight excluding hydrogens is 420 g/mol. The van der Waals surface area contributed by atoms with Crippen LogP contribution in [0.2, 0.25) is 0 Å².